The number of aromatic nitrogens is 1. The van der Waals surface area contributed by atoms with E-state index >= 15 is 0 Å². The molecule has 6 nitrogen and oxygen atoms in total. The molecule has 2 aromatic rings. The van der Waals surface area contributed by atoms with Gasteiger partial charge in [-0.05, 0) is 36.2 Å². The second-order valence-corrected chi connectivity index (χ2v) is 6.01. The van der Waals surface area contributed by atoms with Crippen LogP contribution in [0.4, 0.5) is 0 Å². The van der Waals surface area contributed by atoms with Crippen molar-refractivity contribution in [1.29, 1.82) is 0 Å². The molecule has 0 bridgehead atoms. The van der Waals surface area contributed by atoms with Gasteiger partial charge in [-0.1, -0.05) is 30.1 Å². The number of carbonyl (C=O) groups is 1. The molecule has 0 aliphatic heterocycles. The number of ether oxygens (including phenoxy) is 1. The third kappa shape index (κ3) is 4.84. The molecule has 1 aromatic carbocycles. The molecule has 0 saturated carbocycles. The molecular formula is C17H17Cl2N3O3. The predicted octanol–water partition coefficient (Wildman–Crippen LogP) is 3.24. The van der Waals surface area contributed by atoms with Crippen molar-refractivity contribution >= 4 is 35.3 Å². The maximum absolute atomic E-state index is 12.0. The molecule has 0 atom stereocenters. The van der Waals surface area contributed by atoms with Gasteiger partial charge in [0.1, 0.15) is 5.56 Å². The largest absolute Gasteiger partial charge is 0.490 e. The van der Waals surface area contributed by atoms with Crippen molar-refractivity contribution < 1.29 is 9.53 Å². The van der Waals surface area contributed by atoms with Crippen LogP contribution in [0.15, 0.2) is 40.4 Å². The van der Waals surface area contributed by atoms with E-state index in [2.05, 4.69) is 10.5 Å². The summed E-state index contributed by atoms with van der Waals surface area (Å²) in [6, 6.07) is 6.28. The molecule has 0 aliphatic carbocycles. The summed E-state index contributed by atoms with van der Waals surface area (Å²) in [5.74, 6) is -0.184. The van der Waals surface area contributed by atoms with Gasteiger partial charge in [-0.25, -0.2) is 5.43 Å². The highest BCUT2D eigenvalue weighted by atomic mass is 35.5. The molecule has 0 saturated heterocycles. The maximum Gasteiger partial charge on any atom is 0.276 e. The Kier molecular flexibility index (Phi) is 6.61. The number of nitrogens with zero attached hydrogens (tertiary/aromatic N) is 2. The van der Waals surface area contributed by atoms with E-state index in [-0.39, 0.29) is 5.56 Å². The zero-order chi connectivity index (χ0) is 18.4. The van der Waals surface area contributed by atoms with Crippen LogP contribution in [0.3, 0.4) is 0 Å². The Balaban J connectivity index is 2.10. The molecule has 0 aliphatic rings. The van der Waals surface area contributed by atoms with Gasteiger partial charge in [0.15, 0.2) is 5.75 Å². The first-order chi connectivity index (χ1) is 11.9. The van der Waals surface area contributed by atoms with E-state index in [9.17, 15) is 9.59 Å². The maximum atomic E-state index is 12.0. The standard InChI is InChI=1S/C17H17Cl2N3O3/c1-3-7-25-15-13(18)8-11(9-14(15)19)10-20-21-16(23)12-5-4-6-22(2)17(12)24/h4-6,8-10H,3,7H2,1-2H3,(H,21,23)/b20-10-. The van der Waals surface area contributed by atoms with Crippen LogP contribution in [0, 0.1) is 0 Å². The smallest absolute Gasteiger partial charge is 0.276 e. The number of amides is 1. The summed E-state index contributed by atoms with van der Waals surface area (Å²) in [4.78, 5) is 23.9. The van der Waals surface area contributed by atoms with Crippen molar-refractivity contribution in [3.63, 3.8) is 0 Å². The lowest BCUT2D eigenvalue weighted by atomic mass is 10.2. The molecule has 0 spiro atoms. The van der Waals surface area contributed by atoms with E-state index < -0.39 is 11.5 Å². The van der Waals surface area contributed by atoms with Crippen LogP contribution >= 0.6 is 23.2 Å². The van der Waals surface area contributed by atoms with Crippen molar-refractivity contribution in [2.45, 2.75) is 13.3 Å². The quantitative estimate of drug-likeness (QED) is 0.616. The fourth-order valence-electron chi connectivity index (χ4n) is 1.99. The average molecular weight is 382 g/mol. The second kappa shape index (κ2) is 8.69. The fraction of sp³-hybridized carbons (Fsp3) is 0.235. The van der Waals surface area contributed by atoms with Crippen molar-refractivity contribution in [3.8, 4) is 5.75 Å². The predicted molar refractivity (Wildman–Crippen MR) is 99.0 cm³/mol. The Labute approximate surface area is 155 Å². The third-order valence-corrected chi connectivity index (χ3v) is 3.78. The van der Waals surface area contributed by atoms with Gasteiger partial charge in [-0.3, -0.25) is 9.59 Å². The molecule has 0 fully saturated rings. The van der Waals surface area contributed by atoms with Crippen molar-refractivity contribution in [2.24, 2.45) is 12.1 Å². The van der Waals surface area contributed by atoms with Gasteiger partial charge in [-0.15, -0.1) is 0 Å². The highest BCUT2D eigenvalue weighted by Gasteiger charge is 2.11. The number of hydrazone groups is 1. The molecule has 1 N–H and O–H groups in total. The number of rotatable bonds is 6. The summed E-state index contributed by atoms with van der Waals surface area (Å²) in [6.45, 7) is 2.49. The molecule has 1 heterocycles. The van der Waals surface area contributed by atoms with E-state index in [0.29, 0.717) is 28.0 Å². The molecule has 132 valence electrons. The Bertz CT molecular complexity index is 839. The van der Waals surface area contributed by atoms with Gasteiger partial charge in [0.05, 0.1) is 22.9 Å². The number of benzene rings is 1. The molecule has 1 aromatic heterocycles. The normalized spacial score (nSPS) is 10.9. The van der Waals surface area contributed by atoms with E-state index in [1.165, 1.54) is 16.8 Å². The van der Waals surface area contributed by atoms with Crippen LogP contribution in [0.5, 0.6) is 5.75 Å². The average Bonchev–Trinajstić information content (AvgIpc) is 2.56. The van der Waals surface area contributed by atoms with Crippen LogP contribution in [-0.2, 0) is 7.05 Å². The zero-order valence-corrected chi connectivity index (χ0v) is 15.3. The Morgan fingerprint density at radius 1 is 1.36 bits per heavy atom. The molecule has 0 radical (unpaired) electrons. The Morgan fingerprint density at radius 3 is 2.68 bits per heavy atom. The van der Waals surface area contributed by atoms with Crippen LogP contribution in [0.25, 0.3) is 0 Å². The topological polar surface area (TPSA) is 72.7 Å². The Morgan fingerprint density at radius 2 is 2.04 bits per heavy atom. The van der Waals surface area contributed by atoms with E-state index in [4.69, 9.17) is 27.9 Å². The van der Waals surface area contributed by atoms with Gasteiger partial charge < -0.3 is 9.30 Å². The summed E-state index contributed by atoms with van der Waals surface area (Å²) in [5, 5.41) is 4.54. The third-order valence-electron chi connectivity index (χ3n) is 3.22. The summed E-state index contributed by atoms with van der Waals surface area (Å²) in [6.07, 6.45) is 3.78. The number of halogens is 2. The van der Waals surface area contributed by atoms with Crippen LogP contribution in [-0.4, -0.2) is 23.3 Å². The minimum absolute atomic E-state index is 0.00142. The van der Waals surface area contributed by atoms with Crippen LogP contribution in [0.1, 0.15) is 29.3 Å². The van der Waals surface area contributed by atoms with Gasteiger partial charge in [0.2, 0.25) is 0 Å². The molecule has 1 amide bonds. The minimum Gasteiger partial charge on any atom is -0.490 e. The Hall–Kier alpha value is -2.31. The van der Waals surface area contributed by atoms with Crippen LogP contribution in [0.2, 0.25) is 10.0 Å². The second-order valence-electron chi connectivity index (χ2n) is 5.20. The number of hydrogen-bond acceptors (Lipinski definition) is 4. The van der Waals surface area contributed by atoms with Crippen LogP contribution < -0.4 is 15.7 Å². The summed E-state index contributed by atoms with van der Waals surface area (Å²) in [7, 11) is 1.56. The number of aryl methyl sites for hydroxylation is 1. The van der Waals surface area contributed by atoms with E-state index in [1.54, 1.807) is 31.4 Å². The summed E-state index contributed by atoms with van der Waals surface area (Å²) < 4.78 is 6.79. The molecule has 0 unspecified atom stereocenters. The molecule has 2 rings (SSSR count). The number of nitrogens with one attached hydrogen (secondary N) is 1. The minimum atomic E-state index is -0.599. The van der Waals surface area contributed by atoms with Gasteiger partial charge in [-0.2, -0.15) is 5.10 Å². The first-order valence-electron chi connectivity index (χ1n) is 7.55. The highest BCUT2D eigenvalue weighted by molar-refractivity contribution is 6.37. The molecule has 25 heavy (non-hydrogen) atoms. The van der Waals surface area contributed by atoms with E-state index in [1.807, 2.05) is 6.92 Å². The summed E-state index contributed by atoms with van der Waals surface area (Å²) >= 11 is 12.3. The molecular weight excluding hydrogens is 365 g/mol. The lowest BCUT2D eigenvalue weighted by Crippen LogP contribution is -2.29. The summed E-state index contributed by atoms with van der Waals surface area (Å²) in [5.41, 5.74) is 2.48. The van der Waals surface area contributed by atoms with Gasteiger partial charge >= 0.3 is 0 Å². The number of hydrogen-bond donors (Lipinski definition) is 1. The SMILES string of the molecule is CCCOc1c(Cl)cc(/C=N\NC(=O)c2cccn(C)c2=O)cc1Cl. The monoisotopic (exact) mass is 381 g/mol. The van der Waals surface area contributed by atoms with Crippen molar-refractivity contribution in [2.75, 3.05) is 6.61 Å². The number of carbonyl (C=O) groups excluding carboxylic acids is 1. The fourth-order valence-corrected chi connectivity index (χ4v) is 2.60. The van der Waals surface area contributed by atoms with Crippen molar-refractivity contribution in [1.82, 2.24) is 9.99 Å². The lowest BCUT2D eigenvalue weighted by molar-refractivity contribution is 0.0953. The lowest BCUT2D eigenvalue weighted by Gasteiger charge is -2.09. The molecule has 8 heteroatoms. The van der Waals surface area contributed by atoms with Crippen molar-refractivity contribution in [3.05, 3.63) is 62.0 Å². The van der Waals surface area contributed by atoms with E-state index in [0.717, 1.165) is 6.42 Å². The van der Waals surface area contributed by atoms with Gasteiger partial charge in [0, 0.05) is 13.2 Å². The highest BCUT2D eigenvalue weighted by Crippen LogP contribution is 2.33. The first-order valence-corrected chi connectivity index (χ1v) is 8.30. The zero-order valence-electron chi connectivity index (χ0n) is 13.8. The van der Waals surface area contributed by atoms with Gasteiger partial charge in [0.25, 0.3) is 11.5 Å². The number of pyridine rings is 1. The first kappa shape index (κ1) is 19.0.